The van der Waals surface area contributed by atoms with E-state index in [-0.39, 0.29) is 18.7 Å². The fraction of sp³-hybridized carbons (Fsp3) is 0.462. The quantitative estimate of drug-likeness (QED) is 0.483. The number of rotatable bonds is 7. The zero-order valence-corrected chi connectivity index (χ0v) is 21.6. The summed E-state index contributed by atoms with van der Waals surface area (Å²) in [5.41, 5.74) is 3.43. The van der Waals surface area contributed by atoms with E-state index in [0.717, 1.165) is 62.6 Å². The number of ether oxygens (including phenoxy) is 4. The number of aromatic nitrogens is 4. The number of carbonyl (C=O) groups excluding carboxylic acids is 1. The first kappa shape index (κ1) is 24.6. The minimum atomic E-state index is -0.263. The second kappa shape index (κ2) is 10.6. The van der Waals surface area contributed by atoms with Gasteiger partial charge in [0.1, 0.15) is 6.04 Å². The molecule has 3 aromatic rings. The van der Waals surface area contributed by atoms with Crippen LogP contribution in [0.25, 0.3) is 5.69 Å². The second-order valence-electron chi connectivity index (χ2n) is 9.56. The lowest BCUT2D eigenvalue weighted by molar-refractivity contribution is 0.0383. The van der Waals surface area contributed by atoms with Crippen molar-refractivity contribution in [2.45, 2.75) is 12.5 Å². The van der Waals surface area contributed by atoms with E-state index in [1.165, 1.54) is 0 Å². The largest absolute Gasteiger partial charge is 0.492 e. The maximum atomic E-state index is 12.7. The molecule has 0 aliphatic carbocycles. The molecule has 6 rings (SSSR count). The van der Waals surface area contributed by atoms with Gasteiger partial charge in [0.05, 0.1) is 26.0 Å². The number of fused-ring (bicyclic) bond motifs is 2. The summed E-state index contributed by atoms with van der Waals surface area (Å²) in [5.74, 6) is 2.49. The van der Waals surface area contributed by atoms with E-state index >= 15 is 0 Å². The molecule has 12 heteroatoms. The molecular formula is C26H31N7O5. The van der Waals surface area contributed by atoms with Gasteiger partial charge < -0.3 is 24.3 Å². The van der Waals surface area contributed by atoms with Crippen LogP contribution in [-0.4, -0.2) is 103 Å². The fourth-order valence-corrected chi connectivity index (χ4v) is 5.32. The van der Waals surface area contributed by atoms with Crippen LogP contribution in [0.4, 0.5) is 0 Å². The number of tetrazole rings is 1. The monoisotopic (exact) mass is 521 g/mol. The Bertz CT molecular complexity index is 1310. The first-order valence-electron chi connectivity index (χ1n) is 12.8. The van der Waals surface area contributed by atoms with Gasteiger partial charge in [0.25, 0.3) is 5.91 Å². The first-order valence-corrected chi connectivity index (χ1v) is 12.8. The van der Waals surface area contributed by atoms with E-state index in [2.05, 4.69) is 30.6 Å². The van der Waals surface area contributed by atoms with E-state index in [1.807, 2.05) is 25.2 Å². The van der Waals surface area contributed by atoms with Crippen molar-refractivity contribution < 1.29 is 23.7 Å². The number of nitrogens with zero attached hydrogens (tertiary/aromatic N) is 6. The standard InChI is InChI=1S/C26H31N7O5/c1-31-9-7-18-15-20-23(38-16-37-20)24(35-2)21(18)22(31)25-28-29-30-33(25)19-5-3-17(4-6-19)26(34)27-8-10-32-11-13-36-14-12-32/h3-6,15,22H,7-14,16H2,1-2H3,(H,27,34)/t22-/m0/s1. The van der Waals surface area contributed by atoms with Crippen LogP contribution in [0.1, 0.15) is 33.4 Å². The second-order valence-corrected chi connectivity index (χ2v) is 9.56. The molecule has 1 N–H and O–H groups in total. The molecular weight excluding hydrogens is 490 g/mol. The number of nitrogens with one attached hydrogen (secondary N) is 1. The van der Waals surface area contributed by atoms with Crippen molar-refractivity contribution in [1.82, 2.24) is 35.3 Å². The van der Waals surface area contributed by atoms with Crippen LogP contribution < -0.4 is 19.5 Å². The van der Waals surface area contributed by atoms with Crippen LogP contribution in [0.3, 0.4) is 0 Å². The Labute approximate surface area is 220 Å². The van der Waals surface area contributed by atoms with Gasteiger partial charge in [0.2, 0.25) is 12.5 Å². The number of methoxy groups -OCH3 is 1. The molecule has 0 radical (unpaired) electrons. The topological polar surface area (TPSA) is 116 Å². The molecule has 3 aliphatic rings. The summed E-state index contributed by atoms with van der Waals surface area (Å²) in [4.78, 5) is 17.2. The molecule has 0 bridgehead atoms. The van der Waals surface area contributed by atoms with Gasteiger partial charge in [-0.2, -0.15) is 4.68 Å². The molecule has 1 aromatic heterocycles. The van der Waals surface area contributed by atoms with Crippen LogP contribution in [0.15, 0.2) is 30.3 Å². The van der Waals surface area contributed by atoms with Crippen molar-refractivity contribution >= 4 is 5.91 Å². The molecule has 200 valence electrons. The van der Waals surface area contributed by atoms with Crippen LogP contribution in [0, 0.1) is 0 Å². The Morgan fingerprint density at radius 2 is 1.97 bits per heavy atom. The molecule has 1 amide bonds. The highest BCUT2D eigenvalue weighted by Crippen LogP contribution is 2.50. The molecule has 0 spiro atoms. The maximum Gasteiger partial charge on any atom is 0.251 e. The van der Waals surface area contributed by atoms with Crippen LogP contribution >= 0.6 is 0 Å². The van der Waals surface area contributed by atoms with E-state index < -0.39 is 0 Å². The van der Waals surface area contributed by atoms with E-state index in [9.17, 15) is 4.79 Å². The van der Waals surface area contributed by atoms with Crippen molar-refractivity contribution in [3.63, 3.8) is 0 Å². The van der Waals surface area contributed by atoms with Crippen LogP contribution in [0.5, 0.6) is 17.2 Å². The summed E-state index contributed by atoms with van der Waals surface area (Å²) in [7, 11) is 3.68. The van der Waals surface area contributed by atoms with Gasteiger partial charge in [0.15, 0.2) is 17.3 Å². The van der Waals surface area contributed by atoms with Gasteiger partial charge in [-0.15, -0.1) is 5.10 Å². The zero-order chi connectivity index (χ0) is 26.1. The fourth-order valence-electron chi connectivity index (χ4n) is 5.32. The van der Waals surface area contributed by atoms with Crippen molar-refractivity contribution in [3.05, 3.63) is 52.8 Å². The Kier molecular flexibility index (Phi) is 6.83. The summed E-state index contributed by atoms with van der Waals surface area (Å²) in [6, 6.07) is 9.07. The third-order valence-corrected chi connectivity index (χ3v) is 7.33. The van der Waals surface area contributed by atoms with Crippen LogP contribution in [-0.2, 0) is 11.2 Å². The number of hydrogen-bond donors (Lipinski definition) is 1. The number of benzene rings is 2. The van der Waals surface area contributed by atoms with Crippen molar-refractivity contribution in [2.75, 3.05) is 66.9 Å². The smallest absolute Gasteiger partial charge is 0.251 e. The maximum absolute atomic E-state index is 12.7. The van der Waals surface area contributed by atoms with E-state index in [4.69, 9.17) is 18.9 Å². The lowest BCUT2D eigenvalue weighted by Crippen LogP contribution is -2.41. The number of likely N-dealkylation sites (N-methyl/N-ethyl adjacent to an activating group) is 1. The molecule has 1 atom stereocenters. The summed E-state index contributed by atoms with van der Waals surface area (Å²) in [6.45, 7) is 5.66. The summed E-state index contributed by atoms with van der Waals surface area (Å²) in [6.07, 6.45) is 0.840. The summed E-state index contributed by atoms with van der Waals surface area (Å²) in [5, 5.41) is 15.7. The Morgan fingerprint density at radius 1 is 1.16 bits per heavy atom. The highest BCUT2D eigenvalue weighted by atomic mass is 16.7. The SMILES string of the molecule is COc1c2c(cc3c1[C@@H](c1nnnn1-c1ccc(C(=O)NCCN4CCOCC4)cc1)N(C)CC3)OCO2. The molecule has 38 heavy (non-hydrogen) atoms. The third kappa shape index (κ3) is 4.55. The highest BCUT2D eigenvalue weighted by Gasteiger charge is 2.37. The minimum Gasteiger partial charge on any atom is -0.492 e. The summed E-state index contributed by atoms with van der Waals surface area (Å²) < 4.78 is 24.3. The molecule has 3 aliphatic heterocycles. The van der Waals surface area contributed by atoms with Gasteiger partial charge in [-0.25, -0.2) is 0 Å². The highest BCUT2D eigenvalue weighted by molar-refractivity contribution is 5.94. The molecule has 0 saturated carbocycles. The van der Waals surface area contributed by atoms with Crippen molar-refractivity contribution in [2.24, 2.45) is 0 Å². The minimum absolute atomic E-state index is 0.108. The molecule has 2 aromatic carbocycles. The van der Waals surface area contributed by atoms with Gasteiger partial charge in [-0.1, -0.05) is 0 Å². The predicted molar refractivity (Wildman–Crippen MR) is 136 cm³/mol. The Hall–Kier alpha value is -3.74. The van der Waals surface area contributed by atoms with Gasteiger partial charge >= 0.3 is 0 Å². The zero-order valence-electron chi connectivity index (χ0n) is 21.6. The molecule has 0 unspecified atom stereocenters. The van der Waals surface area contributed by atoms with Gasteiger partial charge in [0, 0.05) is 43.9 Å². The predicted octanol–water partition coefficient (Wildman–Crippen LogP) is 1.04. The Balaban J connectivity index is 1.23. The van der Waals surface area contributed by atoms with E-state index in [0.29, 0.717) is 35.2 Å². The number of carbonyl (C=O) groups is 1. The normalized spacial score (nSPS) is 19.3. The van der Waals surface area contributed by atoms with Gasteiger partial charge in [-0.05, 0) is 59.8 Å². The van der Waals surface area contributed by atoms with Crippen molar-refractivity contribution in [3.8, 4) is 22.9 Å². The lowest BCUT2D eigenvalue weighted by Gasteiger charge is -2.34. The number of amides is 1. The average Bonchev–Trinajstić information content (AvgIpc) is 3.62. The molecule has 1 fully saturated rings. The Morgan fingerprint density at radius 3 is 2.76 bits per heavy atom. The third-order valence-electron chi connectivity index (χ3n) is 7.33. The summed E-state index contributed by atoms with van der Waals surface area (Å²) >= 11 is 0. The van der Waals surface area contributed by atoms with Gasteiger partial charge in [-0.3, -0.25) is 14.6 Å². The average molecular weight is 522 g/mol. The first-order chi connectivity index (χ1) is 18.6. The number of morpholine rings is 1. The van der Waals surface area contributed by atoms with Crippen molar-refractivity contribution in [1.29, 1.82) is 0 Å². The number of hydrogen-bond acceptors (Lipinski definition) is 10. The van der Waals surface area contributed by atoms with Crippen LogP contribution in [0.2, 0.25) is 0 Å². The molecule has 4 heterocycles. The molecule has 1 saturated heterocycles. The molecule has 12 nitrogen and oxygen atoms in total. The lowest BCUT2D eigenvalue weighted by atomic mass is 9.90. The van der Waals surface area contributed by atoms with E-state index in [1.54, 1.807) is 23.9 Å².